The van der Waals surface area contributed by atoms with E-state index in [1.54, 1.807) is 0 Å². The summed E-state index contributed by atoms with van der Waals surface area (Å²) in [5.41, 5.74) is 4.01. The van der Waals surface area contributed by atoms with E-state index in [0.29, 0.717) is 0 Å². The maximum absolute atomic E-state index is 7.00. The molecule has 0 unspecified atom stereocenters. The summed E-state index contributed by atoms with van der Waals surface area (Å²) in [7, 11) is 1.00. The van der Waals surface area contributed by atoms with Crippen LogP contribution >= 0.6 is 0 Å². The fraction of sp³-hybridized carbons (Fsp3) is 0.429. The van der Waals surface area contributed by atoms with E-state index in [1.807, 2.05) is 20.8 Å². The molecule has 0 radical (unpaired) electrons. The fourth-order valence-electron chi connectivity index (χ4n) is 1.06. The van der Waals surface area contributed by atoms with Crippen LogP contribution in [-0.4, -0.2) is 12.2 Å². The van der Waals surface area contributed by atoms with E-state index in [2.05, 4.69) is 44.2 Å². The number of rotatable bonds is 1. The SMILES string of the molecule is C/C=C/c1ccc(C)c(C)c1.CC.CO. The summed E-state index contributed by atoms with van der Waals surface area (Å²) in [6.45, 7) is 10.3. The number of hydrogen-bond donors (Lipinski definition) is 1. The van der Waals surface area contributed by atoms with Crippen LogP contribution in [0.4, 0.5) is 0 Å². The van der Waals surface area contributed by atoms with Crippen molar-refractivity contribution >= 4 is 6.08 Å². The van der Waals surface area contributed by atoms with E-state index in [4.69, 9.17) is 5.11 Å². The van der Waals surface area contributed by atoms with Crippen LogP contribution in [0.25, 0.3) is 6.08 Å². The fourth-order valence-corrected chi connectivity index (χ4v) is 1.06. The van der Waals surface area contributed by atoms with Gasteiger partial charge in [0, 0.05) is 7.11 Å². The van der Waals surface area contributed by atoms with Gasteiger partial charge in [0.15, 0.2) is 0 Å². The number of aliphatic hydroxyl groups is 1. The van der Waals surface area contributed by atoms with Gasteiger partial charge in [-0.05, 0) is 37.5 Å². The summed E-state index contributed by atoms with van der Waals surface area (Å²) in [6.07, 6.45) is 4.18. The third-order valence-corrected chi connectivity index (χ3v) is 1.89. The summed E-state index contributed by atoms with van der Waals surface area (Å²) in [6, 6.07) is 6.50. The van der Waals surface area contributed by atoms with Gasteiger partial charge < -0.3 is 5.11 Å². The Morgan fingerprint density at radius 1 is 1.00 bits per heavy atom. The summed E-state index contributed by atoms with van der Waals surface area (Å²) >= 11 is 0. The molecule has 0 heterocycles. The number of hydrogen-bond acceptors (Lipinski definition) is 1. The van der Waals surface area contributed by atoms with Gasteiger partial charge in [-0.3, -0.25) is 0 Å². The van der Waals surface area contributed by atoms with E-state index in [1.165, 1.54) is 16.7 Å². The molecule has 1 heteroatoms. The number of benzene rings is 1. The average molecular weight is 208 g/mol. The van der Waals surface area contributed by atoms with Gasteiger partial charge in [-0.2, -0.15) is 0 Å². The van der Waals surface area contributed by atoms with E-state index in [-0.39, 0.29) is 0 Å². The number of aliphatic hydroxyl groups excluding tert-OH is 1. The standard InChI is InChI=1S/C11H14.C2H6.CH4O/c1-4-5-11-7-6-9(2)10(3)8-11;2*1-2/h4-8H,1-3H3;1-2H3;2H,1H3/b5-4+;;. The minimum absolute atomic E-state index is 1.00. The van der Waals surface area contributed by atoms with Crippen molar-refractivity contribution in [2.45, 2.75) is 34.6 Å². The second-order valence-electron chi connectivity index (χ2n) is 2.84. The van der Waals surface area contributed by atoms with Gasteiger partial charge in [0.1, 0.15) is 0 Å². The molecule has 0 aliphatic carbocycles. The van der Waals surface area contributed by atoms with Crippen molar-refractivity contribution in [3.8, 4) is 0 Å². The minimum atomic E-state index is 1.00. The summed E-state index contributed by atoms with van der Waals surface area (Å²) in [5, 5.41) is 7.00. The first-order valence-corrected chi connectivity index (χ1v) is 5.38. The maximum atomic E-state index is 7.00. The van der Waals surface area contributed by atoms with E-state index in [0.717, 1.165) is 7.11 Å². The van der Waals surface area contributed by atoms with Gasteiger partial charge in [0.2, 0.25) is 0 Å². The summed E-state index contributed by atoms with van der Waals surface area (Å²) in [5.74, 6) is 0. The first kappa shape index (κ1) is 16.4. The molecule has 15 heavy (non-hydrogen) atoms. The molecule has 1 N–H and O–H groups in total. The zero-order valence-corrected chi connectivity index (χ0v) is 10.8. The van der Waals surface area contributed by atoms with E-state index < -0.39 is 0 Å². The minimum Gasteiger partial charge on any atom is -0.400 e. The average Bonchev–Trinajstić information content (AvgIpc) is 2.30. The molecular weight excluding hydrogens is 184 g/mol. The van der Waals surface area contributed by atoms with E-state index in [9.17, 15) is 0 Å². The Balaban J connectivity index is 0. The molecule has 0 aliphatic rings. The van der Waals surface area contributed by atoms with Gasteiger partial charge >= 0.3 is 0 Å². The molecule has 0 saturated heterocycles. The Labute approximate surface area is 94.5 Å². The Morgan fingerprint density at radius 2 is 1.53 bits per heavy atom. The lowest BCUT2D eigenvalue weighted by Crippen LogP contribution is -1.80. The molecule has 0 spiro atoms. The van der Waals surface area contributed by atoms with Crippen molar-refractivity contribution in [1.82, 2.24) is 0 Å². The molecule has 1 aromatic carbocycles. The highest BCUT2D eigenvalue weighted by Crippen LogP contribution is 2.10. The van der Waals surface area contributed by atoms with Crippen LogP contribution in [0, 0.1) is 13.8 Å². The maximum Gasteiger partial charge on any atom is 0.0319 e. The van der Waals surface area contributed by atoms with Gasteiger partial charge in [-0.15, -0.1) is 0 Å². The lowest BCUT2D eigenvalue weighted by atomic mass is 10.1. The highest BCUT2D eigenvalue weighted by molar-refractivity contribution is 5.51. The number of aryl methyl sites for hydroxylation is 2. The largest absolute Gasteiger partial charge is 0.400 e. The lowest BCUT2D eigenvalue weighted by Gasteiger charge is -1.99. The molecule has 0 saturated carbocycles. The van der Waals surface area contributed by atoms with Gasteiger partial charge in [-0.1, -0.05) is 44.2 Å². The molecule has 0 aromatic heterocycles. The van der Waals surface area contributed by atoms with Crippen molar-refractivity contribution < 1.29 is 5.11 Å². The van der Waals surface area contributed by atoms with Crippen molar-refractivity contribution in [2.24, 2.45) is 0 Å². The number of allylic oxidation sites excluding steroid dienone is 1. The monoisotopic (exact) mass is 208 g/mol. The molecular formula is C14H24O. The Kier molecular flexibility index (Phi) is 12.0. The van der Waals surface area contributed by atoms with Crippen LogP contribution in [0.5, 0.6) is 0 Å². The topological polar surface area (TPSA) is 20.2 Å². The van der Waals surface area contributed by atoms with Crippen molar-refractivity contribution in [2.75, 3.05) is 7.11 Å². The molecule has 0 aliphatic heterocycles. The first-order valence-electron chi connectivity index (χ1n) is 5.38. The predicted octanol–water partition coefficient (Wildman–Crippen LogP) is 3.97. The molecule has 0 bridgehead atoms. The zero-order chi connectivity index (χ0) is 12.3. The van der Waals surface area contributed by atoms with Crippen molar-refractivity contribution in [3.63, 3.8) is 0 Å². The summed E-state index contributed by atoms with van der Waals surface area (Å²) in [4.78, 5) is 0. The quantitative estimate of drug-likeness (QED) is 0.740. The smallest absolute Gasteiger partial charge is 0.0319 e. The third-order valence-electron chi connectivity index (χ3n) is 1.89. The van der Waals surface area contributed by atoms with Crippen LogP contribution in [0.15, 0.2) is 24.3 Å². The molecule has 1 nitrogen and oxygen atoms in total. The molecule has 86 valence electrons. The van der Waals surface area contributed by atoms with E-state index >= 15 is 0 Å². The molecule has 0 atom stereocenters. The predicted molar refractivity (Wildman–Crippen MR) is 70.1 cm³/mol. The highest BCUT2D eigenvalue weighted by Gasteiger charge is 1.91. The van der Waals surface area contributed by atoms with Crippen LogP contribution < -0.4 is 0 Å². The van der Waals surface area contributed by atoms with Crippen LogP contribution in [0.2, 0.25) is 0 Å². The van der Waals surface area contributed by atoms with Crippen molar-refractivity contribution in [3.05, 3.63) is 41.0 Å². The van der Waals surface area contributed by atoms with Crippen LogP contribution in [0.1, 0.15) is 37.5 Å². The van der Waals surface area contributed by atoms with Crippen LogP contribution in [0.3, 0.4) is 0 Å². The second-order valence-corrected chi connectivity index (χ2v) is 2.84. The van der Waals surface area contributed by atoms with Gasteiger partial charge in [-0.25, -0.2) is 0 Å². The normalized spacial score (nSPS) is 8.73. The first-order chi connectivity index (χ1) is 7.24. The highest BCUT2D eigenvalue weighted by atomic mass is 16.2. The zero-order valence-electron chi connectivity index (χ0n) is 10.8. The van der Waals surface area contributed by atoms with Gasteiger partial charge in [0.25, 0.3) is 0 Å². The Hall–Kier alpha value is -1.08. The Bertz CT molecular complexity index is 275. The molecule has 1 rings (SSSR count). The second kappa shape index (κ2) is 11.0. The third kappa shape index (κ3) is 6.92. The molecule has 1 aromatic rings. The molecule has 0 fully saturated rings. The van der Waals surface area contributed by atoms with Crippen molar-refractivity contribution in [1.29, 1.82) is 0 Å². The Morgan fingerprint density at radius 3 is 1.93 bits per heavy atom. The van der Waals surface area contributed by atoms with Gasteiger partial charge in [0.05, 0.1) is 0 Å². The molecule has 0 amide bonds. The lowest BCUT2D eigenvalue weighted by molar-refractivity contribution is 0.399. The summed E-state index contributed by atoms with van der Waals surface area (Å²) < 4.78 is 0. The van der Waals surface area contributed by atoms with Crippen LogP contribution in [-0.2, 0) is 0 Å².